The number of nitrogens with zero attached hydrogens (tertiary/aromatic N) is 4. The lowest BCUT2D eigenvalue weighted by atomic mass is 9.95. The van der Waals surface area contributed by atoms with Crippen molar-refractivity contribution in [3.05, 3.63) is 94.7 Å². The number of carbonyl (C=O) groups excluding carboxylic acids is 1. The number of benzene rings is 2. The number of aromatic nitrogens is 1. The molecule has 0 amide bonds. The Morgan fingerprint density at radius 1 is 1.23 bits per heavy atom. The average Bonchev–Trinajstić information content (AvgIpc) is 3.56. The molecule has 3 aromatic rings. The van der Waals surface area contributed by atoms with Crippen molar-refractivity contribution in [1.29, 1.82) is 0 Å². The van der Waals surface area contributed by atoms with Gasteiger partial charge in [0, 0.05) is 42.0 Å². The van der Waals surface area contributed by atoms with Crippen molar-refractivity contribution < 1.29 is 19.2 Å². The zero-order chi connectivity index (χ0) is 27.7. The fourth-order valence-electron chi connectivity index (χ4n) is 5.14. The maximum absolute atomic E-state index is 14.0. The van der Waals surface area contributed by atoms with Crippen LogP contribution in [0.5, 0.6) is 5.75 Å². The fraction of sp³-hybridized carbons (Fsp3) is 0.321. The van der Waals surface area contributed by atoms with Crippen LogP contribution < -0.4 is 24.5 Å². The SMILES string of the molecule is CCOC(=O)C1=C(C)N=c2s/c(=C/c3cc([N+](=O)[O-])ccc3N3CCCC3)c(=O)n2[C@H]1c1ccccc1OC. The van der Waals surface area contributed by atoms with Crippen molar-refractivity contribution in [2.75, 3.05) is 31.7 Å². The minimum absolute atomic E-state index is 0.0516. The molecule has 0 unspecified atom stereocenters. The molecule has 2 aliphatic heterocycles. The molecule has 0 saturated carbocycles. The number of fused-ring (bicyclic) bond motifs is 1. The van der Waals surface area contributed by atoms with E-state index in [-0.39, 0.29) is 23.4 Å². The van der Waals surface area contributed by atoms with Crippen molar-refractivity contribution >= 4 is 34.8 Å². The Balaban J connectivity index is 1.75. The first kappa shape index (κ1) is 26.4. The molecule has 2 aliphatic rings. The lowest BCUT2D eigenvalue weighted by Gasteiger charge is -2.25. The zero-order valence-electron chi connectivity index (χ0n) is 21.9. The standard InChI is InChI=1S/C28H28N4O6S/c1-4-38-27(34)24-17(2)29-28-31(25(24)20-9-5-6-10-22(20)37-3)26(33)23(39-28)16-18-15-19(32(35)36)11-12-21(18)30-13-7-8-14-30/h5-6,9-12,15-16,25H,4,7-8,13-14H2,1-3H3/b23-16+/t25-/m0/s1. The molecule has 5 rings (SSSR count). The van der Waals surface area contributed by atoms with E-state index < -0.39 is 16.9 Å². The molecule has 0 spiro atoms. The van der Waals surface area contributed by atoms with Crippen LogP contribution in [0.3, 0.4) is 0 Å². The van der Waals surface area contributed by atoms with Gasteiger partial charge in [-0.3, -0.25) is 19.5 Å². The Bertz CT molecular complexity index is 1670. The van der Waals surface area contributed by atoms with E-state index in [2.05, 4.69) is 9.89 Å². The smallest absolute Gasteiger partial charge is 0.338 e. The molecule has 10 nitrogen and oxygen atoms in total. The highest BCUT2D eigenvalue weighted by molar-refractivity contribution is 7.07. The molecular formula is C28H28N4O6S. The van der Waals surface area contributed by atoms with E-state index in [4.69, 9.17) is 9.47 Å². The highest BCUT2D eigenvalue weighted by Crippen LogP contribution is 2.36. The molecule has 0 radical (unpaired) electrons. The number of hydrogen-bond donors (Lipinski definition) is 0. The number of methoxy groups -OCH3 is 1. The number of hydrogen-bond acceptors (Lipinski definition) is 9. The van der Waals surface area contributed by atoms with Crippen molar-refractivity contribution in [3.63, 3.8) is 0 Å². The number of esters is 1. The van der Waals surface area contributed by atoms with Crippen LogP contribution in [0.25, 0.3) is 6.08 Å². The number of para-hydroxylation sites is 1. The average molecular weight is 549 g/mol. The molecule has 11 heteroatoms. The van der Waals surface area contributed by atoms with Gasteiger partial charge < -0.3 is 14.4 Å². The second kappa shape index (κ2) is 10.9. The predicted molar refractivity (Wildman–Crippen MR) is 148 cm³/mol. The van der Waals surface area contributed by atoms with Crippen LogP contribution in [0, 0.1) is 10.1 Å². The molecule has 0 bridgehead atoms. The van der Waals surface area contributed by atoms with Gasteiger partial charge in [-0.05, 0) is 44.9 Å². The van der Waals surface area contributed by atoms with Crippen LogP contribution in [0.4, 0.5) is 11.4 Å². The summed E-state index contributed by atoms with van der Waals surface area (Å²) in [6.07, 6.45) is 3.76. The fourth-order valence-corrected chi connectivity index (χ4v) is 6.17. The van der Waals surface area contributed by atoms with E-state index in [1.165, 1.54) is 35.1 Å². The number of allylic oxidation sites excluding steroid dienone is 1. The number of thiazole rings is 1. The van der Waals surface area contributed by atoms with E-state index in [0.717, 1.165) is 31.6 Å². The highest BCUT2D eigenvalue weighted by Gasteiger charge is 2.35. The molecule has 0 N–H and O–H groups in total. The molecule has 3 heterocycles. The normalized spacial score (nSPS) is 17.2. The lowest BCUT2D eigenvalue weighted by Crippen LogP contribution is -2.40. The van der Waals surface area contributed by atoms with E-state index in [1.807, 2.05) is 18.2 Å². The summed E-state index contributed by atoms with van der Waals surface area (Å²) in [5.41, 5.74) is 2.35. The van der Waals surface area contributed by atoms with Gasteiger partial charge in [-0.25, -0.2) is 9.79 Å². The first-order chi connectivity index (χ1) is 18.8. The number of nitro benzene ring substituents is 1. The summed E-state index contributed by atoms with van der Waals surface area (Å²) in [6.45, 7) is 5.30. The van der Waals surface area contributed by atoms with Gasteiger partial charge in [-0.2, -0.15) is 0 Å². The molecule has 39 heavy (non-hydrogen) atoms. The quantitative estimate of drug-likeness (QED) is 0.253. The number of rotatable bonds is 7. The van der Waals surface area contributed by atoms with Gasteiger partial charge in [0.1, 0.15) is 11.8 Å². The number of ether oxygens (including phenoxy) is 2. The van der Waals surface area contributed by atoms with Gasteiger partial charge >= 0.3 is 5.97 Å². The van der Waals surface area contributed by atoms with Gasteiger partial charge in [0.05, 0.1) is 34.4 Å². The van der Waals surface area contributed by atoms with Crippen LogP contribution in [0.1, 0.15) is 43.9 Å². The third-order valence-corrected chi connectivity index (χ3v) is 7.89. The molecule has 202 valence electrons. The monoisotopic (exact) mass is 548 g/mol. The van der Waals surface area contributed by atoms with E-state index in [1.54, 1.807) is 32.1 Å². The van der Waals surface area contributed by atoms with Crippen molar-refractivity contribution in [3.8, 4) is 5.75 Å². The second-order valence-electron chi connectivity index (χ2n) is 9.24. The molecule has 0 aliphatic carbocycles. The first-order valence-electron chi connectivity index (χ1n) is 12.7. The van der Waals surface area contributed by atoms with Crippen molar-refractivity contribution in [2.45, 2.75) is 32.7 Å². The molecule has 1 saturated heterocycles. The Hall–Kier alpha value is -4.25. The third-order valence-electron chi connectivity index (χ3n) is 6.91. The Morgan fingerprint density at radius 3 is 2.67 bits per heavy atom. The lowest BCUT2D eigenvalue weighted by molar-refractivity contribution is -0.384. The Morgan fingerprint density at radius 2 is 1.97 bits per heavy atom. The van der Waals surface area contributed by atoms with Crippen LogP contribution in [0.2, 0.25) is 0 Å². The maximum Gasteiger partial charge on any atom is 0.338 e. The zero-order valence-corrected chi connectivity index (χ0v) is 22.7. The molecule has 2 aromatic carbocycles. The third kappa shape index (κ3) is 4.85. The van der Waals surface area contributed by atoms with Crippen LogP contribution in [-0.4, -0.2) is 42.3 Å². The van der Waals surface area contributed by atoms with Gasteiger partial charge in [0.25, 0.3) is 11.2 Å². The van der Waals surface area contributed by atoms with Crippen LogP contribution in [-0.2, 0) is 9.53 Å². The van der Waals surface area contributed by atoms with E-state index in [0.29, 0.717) is 31.9 Å². The predicted octanol–water partition coefficient (Wildman–Crippen LogP) is 3.32. The summed E-state index contributed by atoms with van der Waals surface area (Å²) in [5, 5.41) is 11.6. The molecule has 1 aromatic heterocycles. The summed E-state index contributed by atoms with van der Waals surface area (Å²) in [4.78, 5) is 45.5. The van der Waals surface area contributed by atoms with Gasteiger partial charge in [-0.15, -0.1) is 0 Å². The topological polar surface area (TPSA) is 116 Å². The number of anilines is 1. The summed E-state index contributed by atoms with van der Waals surface area (Å²) in [5.74, 6) is -0.0393. The summed E-state index contributed by atoms with van der Waals surface area (Å²) >= 11 is 1.18. The molecule has 1 fully saturated rings. The van der Waals surface area contributed by atoms with Gasteiger partial charge in [0.2, 0.25) is 0 Å². The number of carbonyl (C=O) groups is 1. The van der Waals surface area contributed by atoms with E-state index in [9.17, 15) is 19.7 Å². The summed E-state index contributed by atoms with van der Waals surface area (Å²) in [6, 6.07) is 11.1. The Labute approximate surface area is 228 Å². The van der Waals surface area contributed by atoms with Crippen LogP contribution >= 0.6 is 11.3 Å². The second-order valence-corrected chi connectivity index (χ2v) is 10.2. The maximum atomic E-state index is 14.0. The minimum atomic E-state index is -0.818. The highest BCUT2D eigenvalue weighted by atomic mass is 32.1. The molecule has 1 atom stereocenters. The van der Waals surface area contributed by atoms with E-state index >= 15 is 0 Å². The number of nitro groups is 1. The Kier molecular flexibility index (Phi) is 7.34. The summed E-state index contributed by atoms with van der Waals surface area (Å²) in [7, 11) is 1.53. The van der Waals surface area contributed by atoms with Crippen LogP contribution in [0.15, 0.2) is 63.5 Å². The van der Waals surface area contributed by atoms with Gasteiger partial charge in [-0.1, -0.05) is 29.5 Å². The van der Waals surface area contributed by atoms with Crippen molar-refractivity contribution in [2.24, 2.45) is 4.99 Å². The first-order valence-corrected chi connectivity index (χ1v) is 13.5. The summed E-state index contributed by atoms with van der Waals surface area (Å²) < 4.78 is 12.8. The minimum Gasteiger partial charge on any atom is -0.496 e. The molecular weight excluding hydrogens is 520 g/mol. The van der Waals surface area contributed by atoms with Crippen molar-refractivity contribution in [1.82, 2.24) is 4.57 Å². The largest absolute Gasteiger partial charge is 0.496 e. The van der Waals surface area contributed by atoms with Gasteiger partial charge in [0.15, 0.2) is 4.80 Å². The number of non-ortho nitro benzene ring substituents is 1.